The van der Waals surface area contributed by atoms with Crippen molar-refractivity contribution < 1.29 is 14.4 Å². The van der Waals surface area contributed by atoms with Gasteiger partial charge in [0, 0.05) is 16.9 Å². The number of rotatable bonds is 2. The molecule has 0 spiro atoms. The van der Waals surface area contributed by atoms with Gasteiger partial charge < -0.3 is 4.84 Å². The maximum absolute atomic E-state index is 13.6. The summed E-state index contributed by atoms with van der Waals surface area (Å²) in [5.41, 5.74) is 2.50. The summed E-state index contributed by atoms with van der Waals surface area (Å²) in [6.07, 6.45) is 0.695. The minimum absolute atomic E-state index is 0.0189. The third-order valence-corrected chi connectivity index (χ3v) is 8.07. The van der Waals surface area contributed by atoms with Crippen molar-refractivity contribution in [1.29, 1.82) is 0 Å². The molecule has 6 heteroatoms. The van der Waals surface area contributed by atoms with E-state index in [1.54, 1.807) is 0 Å². The maximum Gasteiger partial charge on any atom is 0.238 e. The summed E-state index contributed by atoms with van der Waals surface area (Å²) in [4.78, 5) is 34.4. The average molecular weight is 443 g/mol. The van der Waals surface area contributed by atoms with Crippen LogP contribution in [-0.2, 0) is 14.4 Å². The Morgan fingerprint density at radius 1 is 0.844 bits per heavy atom. The molecule has 2 bridgehead atoms. The van der Waals surface area contributed by atoms with Gasteiger partial charge in [-0.15, -0.1) is 0 Å². The summed E-state index contributed by atoms with van der Waals surface area (Å²) in [6.45, 7) is 0. The first kappa shape index (κ1) is 18.4. The van der Waals surface area contributed by atoms with Crippen molar-refractivity contribution in [3.63, 3.8) is 0 Å². The summed E-state index contributed by atoms with van der Waals surface area (Å²) < 4.78 is 0. The van der Waals surface area contributed by atoms with Crippen LogP contribution in [0.1, 0.15) is 12.0 Å². The van der Waals surface area contributed by atoms with Crippen LogP contribution in [0, 0.1) is 29.6 Å². The predicted molar refractivity (Wildman–Crippen MR) is 121 cm³/mol. The van der Waals surface area contributed by atoms with Gasteiger partial charge in [0.05, 0.1) is 23.2 Å². The number of carbonyl (C=O) groups excluding carboxylic acids is 2. The van der Waals surface area contributed by atoms with Crippen LogP contribution in [0.3, 0.4) is 0 Å². The molecule has 6 atom stereocenters. The molecule has 5 nitrogen and oxygen atoms in total. The fourth-order valence-electron chi connectivity index (χ4n) is 6.56. The van der Waals surface area contributed by atoms with Gasteiger partial charge in [-0.3, -0.25) is 14.5 Å². The summed E-state index contributed by atoms with van der Waals surface area (Å²) in [7, 11) is 0. The molecule has 0 radical (unpaired) electrons. The Hall–Kier alpha value is -3.18. The Labute approximate surface area is 189 Å². The normalized spacial score (nSPS) is 32.3. The molecule has 2 amide bonds. The van der Waals surface area contributed by atoms with Crippen LogP contribution >= 0.6 is 11.6 Å². The zero-order chi connectivity index (χ0) is 21.6. The molecule has 32 heavy (non-hydrogen) atoms. The zero-order valence-electron chi connectivity index (χ0n) is 17.0. The molecule has 3 fully saturated rings. The lowest BCUT2D eigenvalue weighted by Crippen LogP contribution is -2.41. The van der Waals surface area contributed by atoms with Crippen molar-refractivity contribution in [3.05, 3.63) is 77.3 Å². The van der Waals surface area contributed by atoms with Gasteiger partial charge in [0.1, 0.15) is 6.10 Å². The smallest absolute Gasteiger partial charge is 0.238 e. The lowest BCUT2D eigenvalue weighted by Gasteiger charge is -2.29. The Morgan fingerprint density at radius 2 is 1.56 bits per heavy atom. The van der Waals surface area contributed by atoms with E-state index in [1.165, 1.54) is 4.90 Å². The van der Waals surface area contributed by atoms with Crippen molar-refractivity contribution in [2.75, 3.05) is 4.90 Å². The molecular formula is C26H19ClN2O3. The second kappa shape index (κ2) is 6.42. The standard InChI is InChI=1S/C26H19ClN2O3/c27-16-8-5-14(6-9-16)23-22-18-12-19(24(22)32-28-23)21-20(18)25(30)29(26(21)31)17-10-7-13-3-1-2-4-15(13)11-17/h1-11,18-22,24H,12H2/t18-,19+,20+,21+,22+,24-/m1/s1. The van der Waals surface area contributed by atoms with Gasteiger partial charge in [-0.25, -0.2) is 0 Å². The third-order valence-electron chi connectivity index (χ3n) is 7.82. The topological polar surface area (TPSA) is 59.0 Å². The van der Waals surface area contributed by atoms with Gasteiger partial charge >= 0.3 is 0 Å². The molecule has 4 aliphatic rings. The highest BCUT2D eigenvalue weighted by atomic mass is 35.5. The van der Waals surface area contributed by atoms with E-state index >= 15 is 0 Å². The van der Waals surface area contributed by atoms with Crippen LogP contribution in [0.15, 0.2) is 71.9 Å². The first-order valence-corrected chi connectivity index (χ1v) is 11.4. The van der Waals surface area contributed by atoms with Gasteiger partial charge in [0.15, 0.2) is 0 Å². The second-order valence-electron chi connectivity index (χ2n) is 9.24. The van der Waals surface area contributed by atoms with E-state index in [-0.39, 0.29) is 47.5 Å². The van der Waals surface area contributed by atoms with Crippen LogP contribution in [0.5, 0.6) is 0 Å². The monoisotopic (exact) mass is 442 g/mol. The molecule has 0 aromatic heterocycles. The van der Waals surface area contributed by atoms with E-state index in [1.807, 2.05) is 66.7 Å². The first-order valence-electron chi connectivity index (χ1n) is 11.0. The fraction of sp³-hybridized carbons (Fsp3) is 0.269. The molecule has 2 saturated carbocycles. The Bertz CT molecular complexity index is 1330. The highest BCUT2D eigenvalue weighted by Crippen LogP contribution is 2.62. The average Bonchev–Trinajstić information content (AvgIpc) is 3.54. The third kappa shape index (κ3) is 2.32. The van der Waals surface area contributed by atoms with Gasteiger partial charge in [0.25, 0.3) is 0 Å². The van der Waals surface area contributed by atoms with E-state index in [0.29, 0.717) is 10.7 Å². The summed E-state index contributed by atoms with van der Waals surface area (Å²) in [5.74, 6) is -0.678. The molecule has 1 saturated heterocycles. The van der Waals surface area contributed by atoms with E-state index < -0.39 is 0 Å². The van der Waals surface area contributed by atoms with Crippen molar-refractivity contribution in [2.45, 2.75) is 12.5 Å². The van der Waals surface area contributed by atoms with Gasteiger partial charge in [-0.05, 0) is 52.9 Å². The van der Waals surface area contributed by atoms with Crippen LogP contribution in [-0.4, -0.2) is 23.6 Å². The highest BCUT2D eigenvalue weighted by molar-refractivity contribution is 6.30. The lowest BCUT2D eigenvalue weighted by atomic mass is 9.71. The number of nitrogens with zero attached hydrogens (tertiary/aromatic N) is 2. The SMILES string of the molecule is O=C1[C@H]2[C@@H]3C[C@@H]([C@H]4C(c5ccc(Cl)cc5)=NO[C@H]34)[C@@H]2C(=O)N1c1ccc2ccccc2c1. The number of imide groups is 1. The fourth-order valence-corrected chi connectivity index (χ4v) is 6.68. The second-order valence-corrected chi connectivity index (χ2v) is 9.67. The van der Waals surface area contributed by atoms with E-state index in [0.717, 1.165) is 28.5 Å². The largest absolute Gasteiger partial charge is 0.391 e. The Kier molecular flexibility index (Phi) is 3.69. The van der Waals surface area contributed by atoms with Crippen molar-refractivity contribution in [2.24, 2.45) is 34.7 Å². The van der Waals surface area contributed by atoms with Crippen LogP contribution in [0.2, 0.25) is 5.02 Å². The molecule has 3 aromatic rings. The van der Waals surface area contributed by atoms with E-state index in [9.17, 15) is 9.59 Å². The van der Waals surface area contributed by atoms with Gasteiger partial charge in [-0.2, -0.15) is 0 Å². The quantitative estimate of drug-likeness (QED) is 0.542. The Morgan fingerprint density at radius 3 is 2.34 bits per heavy atom. The number of fused-ring (bicyclic) bond motifs is 9. The molecule has 2 aliphatic heterocycles. The number of halogens is 1. The molecular weight excluding hydrogens is 424 g/mol. The van der Waals surface area contributed by atoms with Crippen molar-refractivity contribution in [1.82, 2.24) is 0 Å². The van der Waals surface area contributed by atoms with Crippen LogP contribution in [0.4, 0.5) is 5.69 Å². The number of carbonyl (C=O) groups is 2. The first-order chi connectivity index (χ1) is 15.6. The molecule has 2 aliphatic carbocycles. The molecule has 158 valence electrons. The molecule has 0 N–H and O–H groups in total. The predicted octanol–water partition coefficient (Wildman–Crippen LogP) is 4.67. The van der Waals surface area contributed by atoms with Crippen molar-refractivity contribution >= 4 is 45.6 Å². The number of amides is 2. The number of hydrogen-bond donors (Lipinski definition) is 0. The lowest BCUT2D eigenvalue weighted by molar-refractivity contribution is -0.125. The van der Waals surface area contributed by atoms with Gasteiger partial charge in [-0.1, -0.05) is 59.2 Å². The van der Waals surface area contributed by atoms with Crippen LogP contribution in [0.25, 0.3) is 10.8 Å². The highest BCUT2D eigenvalue weighted by Gasteiger charge is 2.70. The van der Waals surface area contributed by atoms with E-state index in [4.69, 9.17) is 16.4 Å². The minimum atomic E-state index is -0.319. The maximum atomic E-state index is 13.6. The molecule has 0 unspecified atom stereocenters. The van der Waals surface area contributed by atoms with E-state index in [2.05, 4.69) is 5.16 Å². The molecule has 2 heterocycles. The molecule has 7 rings (SSSR count). The number of benzene rings is 3. The summed E-state index contributed by atoms with van der Waals surface area (Å²) in [5, 5.41) is 7.16. The number of anilines is 1. The Balaban J connectivity index is 1.25. The number of hydrogen-bond acceptors (Lipinski definition) is 4. The van der Waals surface area contributed by atoms with Gasteiger partial charge in [0.2, 0.25) is 11.8 Å². The summed E-state index contributed by atoms with van der Waals surface area (Å²) >= 11 is 6.05. The van der Waals surface area contributed by atoms with Crippen molar-refractivity contribution in [3.8, 4) is 0 Å². The molecule has 3 aromatic carbocycles. The van der Waals surface area contributed by atoms with Crippen LogP contribution < -0.4 is 4.90 Å². The summed E-state index contributed by atoms with van der Waals surface area (Å²) in [6, 6.07) is 21.3. The zero-order valence-corrected chi connectivity index (χ0v) is 17.8. The minimum Gasteiger partial charge on any atom is -0.391 e. The number of oxime groups is 1.